The quantitative estimate of drug-likeness (QED) is 0.343. The van der Waals surface area contributed by atoms with E-state index in [1.807, 2.05) is 17.5 Å². The van der Waals surface area contributed by atoms with E-state index in [1.165, 1.54) is 34.7 Å². The second kappa shape index (κ2) is 8.53. The summed E-state index contributed by atoms with van der Waals surface area (Å²) in [7, 11) is 0. The number of fused-ring (bicyclic) bond motifs is 2. The largest absolute Gasteiger partial charge is 0.508 e. The lowest BCUT2D eigenvalue weighted by molar-refractivity contribution is 0.238. The van der Waals surface area contributed by atoms with Gasteiger partial charge in [-0.3, -0.25) is 5.41 Å². The number of rotatable bonds is 6. The topological polar surface area (TPSA) is 50.6 Å². The summed E-state index contributed by atoms with van der Waals surface area (Å²) in [5.41, 5.74) is 2.36. The molecule has 0 bridgehead atoms. The summed E-state index contributed by atoms with van der Waals surface area (Å²) in [5.74, 6) is 0.302. The number of phenols is 1. The molecule has 4 nitrogen and oxygen atoms in total. The number of nitrogens with one attached hydrogen (secondary N) is 1. The van der Waals surface area contributed by atoms with Crippen molar-refractivity contribution in [1.29, 1.82) is 5.41 Å². The van der Waals surface area contributed by atoms with Crippen LogP contribution < -0.4 is 4.90 Å². The molecule has 2 aliphatic rings. The van der Waals surface area contributed by atoms with Gasteiger partial charge in [-0.15, -0.1) is 0 Å². The summed E-state index contributed by atoms with van der Waals surface area (Å²) in [4.78, 5) is 8.04. The van der Waals surface area contributed by atoms with Gasteiger partial charge < -0.3 is 14.9 Å². The first-order valence-electron chi connectivity index (χ1n) is 9.66. The minimum absolute atomic E-state index is 0.302. The smallest absolute Gasteiger partial charge is 0.116 e. The zero-order valence-corrected chi connectivity index (χ0v) is 17.4. The van der Waals surface area contributed by atoms with Crippen molar-refractivity contribution in [3.8, 4) is 5.75 Å². The summed E-state index contributed by atoms with van der Waals surface area (Å²) in [5, 5.41) is 19.5. The van der Waals surface area contributed by atoms with E-state index in [0.29, 0.717) is 11.8 Å². The highest BCUT2D eigenvalue weighted by Gasteiger charge is 2.26. The molecular formula is C22H25N3OS2. The van der Waals surface area contributed by atoms with Gasteiger partial charge in [0.05, 0.1) is 17.7 Å². The SMILES string of the molecule is C=CSc1ccc2c(c1)N(CCC1CCCCN1C=N)c1ccc(O)cc1S2. The standard InChI is InChI=1S/C22H25N3OS2/c1-2-27-18-7-9-21-20(14-18)25(19-8-6-17(26)13-22(19)28-21)12-10-16-5-3-4-11-24(16)15-23/h2,6-9,13-16,23,26H,1,3-5,10-12H2. The third-order valence-electron chi connectivity index (χ3n) is 5.42. The zero-order chi connectivity index (χ0) is 19.5. The lowest BCUT2D eigenvalue weighted by atomic mass is 9.99. The maximum absolute atomic E-state index is 9.96. The van der Waals surface area contributed by atoms with E-state index >= 15 is 0 Å². The van der Waals surface area contributed by atoms with Crippen LogP contribution in [0.25, 0.3) is 0 Å². The Kier molecular flexibility index (Phi) is 5.87. The number of likely N-dealkylation sites (tertiary alicyclic amines) is 1. The number of hydrogen-bond acceptors (Lipinski definition) is 5. The Morgan fingerprint density at radius 2 is 2.07 bits per heavy atom. The Balaban J connectivity index is 1.65. The van der Waals surface area contributed by atoms with Crippen LogP contribution in [0.2, 0.25) is 0 Å². The molecule has 2 N–H and O–H groups in total. The molecule has 2 aromatic carbocycles. The Morgan fingerprint density at radius 1 is 1.18 bits per heavy atom. The number of aromatic hydroxyl groups is 1. The van der Waals surface area contributed by atoms with Crippen molar-refractivity contribution in [1.82, 2.24) is 4.90 Å². The highest BCUT2D eigenvalue weighted by atomic mass is 32.2. The molecule has 2 aromatic rings. The Morgan fingerprint density at radius 3 is 2.89 bits per heavy atom. The first kappa shape index (κ1) is 19.3. The molecular weight excluding hydrogens is 386 g/mol. The zero-order valence-electron chi connectivity index (χ0n) is 15.8. The second-order valence-electron chi connectivity index (χ2n) is 7.12. The number of anilines is 2. The van der Waals surface area contributed by atoms with Crippen LogP contribution in [-0.4, -0.2) is 35.5 Å². The molecule has 0 aromatic heterocycles. The first-order valence-corrected chi connectivity index (χ1v) is 11.4. The van der Waals surface area contributed by atoms with E-state index in [4.69, 9.17) is 5.41 Å². The van der Waals surface area contributed by atoms with Crippen molar-refractivity contribution in [2.24, 2.45) is 0 Å². The van der Waals surface area contributed by atoms with Crippen LogP contribution in [0.1, 0.15) is 25.7 Å². The Bertz CT molecular complexity index is 886. The molecule has 1 unspecified atom stereocenters. The number of benzene rings is 2. The molecule has 146 valence electrons. The molecule has 0 radical (unpaired) electrons. The van der Waals surface area contributed by atoms with Gasteiger partial charge in [0.15, 0.2) is 0 Å². The minimum atomic E-state index is 0.302. The van der Waals surface area contributed by atoms with Crippen molar-refractivity contribution in [3.05, 3.63) is 48.4 Å². The summed E-state index contributed by atoms with van der Waals surface area (Å²) in [6.07, 6.45) is 6.10. The highest BCUT2D eigenvalue weighted by Crippen LogP contribution is 2.50. The molecule has 1 atom stereocenters. The van der Waals surface area contributed by atoms with Crippen molar-refractivity contribution in [3.63, 3.8) is 0 Å². The van der Waals surface area contributed by atoms with Crippen molar-refractivity contribution in [2.45, 2.75) is 46.4 Å². The van der Waals surface area contributed by atoms with Crippen molar-refractivity contribution < 1.29 is 5.11 Å². The predicted molar refractivity (Wildman–Crippen MR) is 119 cm³/mol. The van der Waals surface area contributed by atoms with E-state index in [1.54, 1.807) is 29.6 Å². The molecule has 2 heterocycles. The fraction of sp³-hybridized carbons (Fsp3) is 0.318. The maximum Gasteiger partial charge on any atom is 0.116 e. The van der Waals surface area contributed by atoms with Gasteiger partial charge in [-0.2, -0.15) is 0 Å². The molecule has 1 saturated heterocycles. The second-order valence-corrected chi connectivity index (χ2v) is 9.25. The van der Waals surface area contributed by atoms with Crippen LogP contribution in [0.5, 0.6) is 5.75 Å². The molecule has 4 rings (SSSR count). The van der Waals surface area contributed by atoms with Gasteiger partial charge >= 0.3 is 0 Å². The van der Waals surface area contributed by atoms with E-state index < -0.39 is 0 Å². The Labute approximate surface area is 175 Å². The predicted octanol–water partition coefficient (Wildman–Crippen LogP) is 6.08. The number of thioether (sulfide) groups is 1. The van der Waals surface area contributed by atoms with Crippen molar-refractivity contribution >= 4 is 41.2 Å². The number of phenolic OH excluding ortho intramolecular Hbond substituents is 1. The van der Waals surface area contributed by atoms with Crippen LogP contribution in [0.15, 0.2) is 63.1 Å². The van der Waals surface area contributed by atoms with E-state index in [9.17, 15) is 5.11 Å². The van der Waals surface area contributed by atoms with Crippen LogP contribution in [0.3, 0.4) is 0 Å². The van der Waals surface area contributed by atoms with Gasteiger partial charge in [-0.1, -0.05) is 30.1 Å². The first-order chi connectivity index (χ1) is 13.7. The third-order valence-corrected chi connectivity index (χ3v) is 7.22. The monoisotopic (exact) mass is 411 g/mol. The van der Waals surface area contributed by atoms with E-state index in [-0.39, 0.29) is 0 Å². The number of hydrogen-bond donors (Lipinski definition) is 2. The van der Waals surface area contributed by atoms with Gasteiger partial charge in [0.25, 0.3) is 0 Å². The maximum atomic E-state index is 9.96. The van der Waals surface area contributed by atoms with E-state index in [2.05, 4.69) is 34.6 Å². The summed E-state index contributed by atoms with van der Waals surface area (Å²) < 4.78 is 0. The Hall–Kier alpha value is -2.05. The van der Waals surface area contributed by atoms with Crippen LogP contribution in [0, 0.1) is 5.41 Å². The molecule has 0 saturated carbocycles. The van der Waals surface area contributed by atoms with Gasteiger partial charge in [0.2, 0.25) is 0 Å². The molecule has 0 spiro atoms. The number of nitrogens with zero attached hydrogens (tertiary/aromatic N) is 2. The minimum Gasteiger partial charge on any atom is -0.508 e. The molecule has 0 amide bonds. The van der Waals surface area contributed by atoms with Crippen LogP contribution >= 0.6 is 23.5 Å². The molecule has 28 heavy (non-hydrogen) atoms. The number of piperidine rings is 1. The molecule has 6 heteroatoms. The average molecular weight is 412 g/mol. The molecule has 1 fully saturated rings. The van der Waals surface area contributed by atoms with Crippen molar-refractivity contribution in [2.75, 3.05) is 18.0 Å². The van der Waals surface area contributed by atoms with Gasteiger partial charge in [0, 0.05) is 33.8 Å². The fourth-order valence-corrected chi connectivity index (χ4v) is 5.67. The van der Waals surface area contributed by atoms with E-state index in [0.717, 1.165) is 36.5 Å². The highest BCUT2D eigenvalue weighted by molar-refractivity contribution is 8.02. The summed E-state index contributed by atoms with van der Waals surface area (Å²) in [6.45, 7) is 5.72. The normalized spacial score (nSPS) is 18.4. The average Bonchev–Trinajstić information content (AvgIpc) is 2.71. The molecule has 2 aliphatic heterocycles. The lowest BCUT2D eigenvalue weighted by Gasteiger charge is -2.38. The van der Waals surface area contributed by atoms with Crippen LogP contribution in [-0.2, 0) is 0 Å². The fourth-order valence-electron chi connectivity index (χ4n) is 4.04. The lowest BCUT2D eigenvalue weighted by Crippen LogP contribution is -2.40. The molecule has 0 aliphatic carbocycles. The summed E-state index contributed by atoms with van der Waals surface area (Å²) >= 11 is 3.34. The van der Waals surface area contributed by atoms with Gasteiger partial charge in [-0.05, 0) is 67.5 Å². The third kappa shape index (κ3) is 3.89. The van der Waals surface area contributed by atoms with Crippen LogP contribution in [0.4, 0.5) is 11.4 Å². The van der Waals surface area contributed by atoms with Gasteiger partial charge in [0.1, 0.15) is 5.75 Å². The van der Waals surface area contributed by atoms with Gasteiger partial charge in [-0.25, -0.2) is 0 Å². The summed E-state index contributed by atoms with van der Waals surface area (Å²) in [6, 6.07) is 12.6.